The fourth-order valence-electron chi connectivity index (χ4n) is 1.24. The lowest BCUT2D eigenvalue weighted by Gasteiger charge is -2.07. The summed E-state index contributed by atoms with van der Waals surface area (Å²) in [4.78, 5) is 11.5. The minimum absolute atomic E-state index is 0.177. The van der Waals surface area contributed by atoms with Crippen LogP contribution in [0.3, 0.4) is 0 Å². The lowest BCUT2D eigenvalue weighted by atomic mass is 10.3. The highest BCUT2D eigenvalue weighted by Crippen LogP contribution is 2.53. The molecule has 0 aromatic heterocycles. The van der Waals surface area contributed by atoms with Gasteiger partial charge in [-0.2, -0.15) is 0 Å². The van der Waals surface area contributed by atoms with Crippen molar-refractivity contribution in [3.05, 3.63) is 30.3 Å². The first kappa shape index (κ1) is 10.6. The number of alkyl halides is 2. The highest BCUT2D eigenvalue weighted by molar-refractivity contribution is 6.52. The Morgan fingerprint density at radius 2 is 1.93 bits per heavy atom. The van der Waals surface area contributed by atoms with Crippen LogP contribution in [0.5, 0.6) is 0 Å². The molecule has 1 saturated carbocycles. The van der Waals surface area contributed by atoms with Gasteiger partial charge in [-0.15, -0.1) is 23.2 Å². The highest BCUT2D eigenvalue weighted by Gasteiger charge is 2.56. The first-order valence-electron chi connectivity index (χ1n) is 4.58. The van der Waals surface area contributed by atoms with Crippen LogP contribution in [0.1, 0.15) is 6.42 Å². The van der Waals surface area contributed by atoms with Crippen LogP contribution in [0.25, 0.3) is 0 Å². The molecule has 1 aromatic rings. The molecular weight excluding hydrogens is 235 g/mol. The van der Waals surface area contributed by atoms with E-state index < -0.39 is 4.33 Å². The van der Waals surface area contributed by atoms with Gasteiger partial charge < -0.3 is 0 Å². The van der Waals surface area contributed by atoms with Crippen LogP contribution in [0, 0.1) is 5.92 Å². The maximum atomic E-state index is 11.5. The Morgan fingerprint density at radius 3 is 2.47 bits per heavy atom. The maximum absolute atomic E-state index is 11.5. The van der Waals surface area contributed by atoms with E-state index in [-0.39, 0.29) is 11.8 Å². The van der Waals surface area contributed by atoms with Crippen molar-refractivity contribution in [2.75, 3.05) is 5.43 Å². The predicted molar refractivity (Wildman–Crippen MR) is 60.8 cm³/mol. The van der Waals surface area contributed by atoms with E-state index in [0.29, 0.717) is 6.42 Å². The number of anilines is 1. The summed E-state index contributed by atoms with van der Waals surface area (Å²) < 4.78 is -0.873. The zero-order valence-corrected chi connectivity index (χ0v) is 9.35. The molecule has 2 rings (SSSR count). The van der Waals surface area contributed by atoms with E-state index in [1.165, 1.54) is 0 Å². The molecule has 15 heavy (non-hydrogen) atoms. The lowest BCUT2D eigenvalue weighted by Crippen LogP contribution is -2.31. The Bertz CT molecular complexity index is 367. The molecule has 0 saturated heterocycles. The summed E-state index contributed by atoms with van der Waals surface area (Å²) in [5.41, 5.74) is 6.17. The van der Waals surface area contributed by atoms with Crippen molar-refractivity contribution in [3.63, 3.8) is 0 Å². The molecule has 1 aliphatic rings. The van der Waals surface area contributed by atoms with E-state index in [2.05, 4.69) is 10.9 Å². The van der Waals surface area contributed by atoms with Gasteiger partial charge in [0.1, 0.15) is 4.33 Å². The normalized spacial score (nSPS) is 21.9. The van der Waals surface area contributed by atoms with Gasteiger partial charge in [-0.05, 0) is 18.6 Å². The van der Waals surface area contributed by atoms with Crippen LogP contribution in [0.4, 0.5) is 5.69 Å². The van der Waals surface area contributed by atoms with Crippen molar-refractivity contribution in [2.24, 2.45) is 5.92 Å². The third-order valence-electron chi connectivity index (χ3n) is 2.25. The van der Waals surface area contributed by atoms with Crippen LogP contribution in [-0.2, 0) is 4.79 Å². The molecule has 1 aromatic carbocycles. The van der Waals surface area contributed by atoms with Crippen LogP contribution in [0.2, 0.25) is 0 Å². The number of para-hydroxylation sites is 1. The van der Waals surface area contributed by atoms with Crippen LogP contribution in [0.15, 0.2) is 30.3 Å². The van der Waals surface area contributed by atoms with Gasteiger partial charge in [-0.3, -0.25) is 15.6 Å². The van der Waals surface area contributed by atoms with Crippen molar-refractivity contribution < 1.29 is 4.79 Å². The van der Waals surface area contributed by atoms with E-state index in [0.717, 1.165) is 5.69 Å². The second-order valence-electron chi connectivity index (χ2n) is 3.50. The summed E-state index contributed by atoms with van der Waals surface area (Å²) in [7, 11) is 0. The summed E-state index contributed by atoms with van der Waals surface area (Å²) in [6, 6.07) is 9.35. The van der Waals surface area contributed by atoms with E-state index in [1.807, 2.05) is 30.3 Å². The molecule has 1 amide bonds. The fourth-order valence-corrected chi connectivity index (χ4v) is 1.75. The Kier molecular flexibility index (Phi) is 2.76. The third kappa shape index (κ3) is 2.55. The summed E-state index contributed by atoms with van der Waals surface area (Å²) in [6.45, 7) is 0. The molecule has 1 fully saturated rings. The number of benzene rings is 1. The second kappa shape index (κ2) is 3.91. The molecule has 1 atom stereocenters. The molecule has 0 aliphatic heterocycles. The number of halogens is 2. The van der Waals surface area contributed by atoms with Crippen LogP contribution >= 0.6 is 23.2 Å². The average Bonchev–Trinajstić information content (AvgIpc) is 2.86. The van der Waals surface area contributed by atoms with E-state index in [1.54, 1.807) is 0 Å². The number of hydrogen-bond acceptors (Lipinski definition) is 2. The summed E-state index contributed by atoms with van der Waals surface area (Å²) in [6.07, 6.45) is 0.512. The Morgan fingerprint density at radius 1 is 1.33 bits per heavy atom. The standard InChI is InChI=1S/C10H10Cl2N2O/c11-10(12)6-8(10)9(15)14-13-7-4-2-1-3-5-7/h1-5,8,13H,6H2,(H,14,15). The number of hydrogen-bond donors (Lipinski definition) is 2. The number of nitrogens with one attached hydrogen (secondary N) is 2. The SMILES string of the molecule is O=C(NNc1ccccc1)C1CC1(Cl)Cl. The van der Waals surface area contributed by atoms with Gasteiger partial charge in [0.15, 0.2) is 0 Å². The topological polar surface area (TPSA) is 41.1 Å². The van der Waals surface area contributed by atoms with Gasteiger partial charge in [0, 0.05) is 0 Å². The Labute approximate surface area is 97.7 Å². The molecule has 2 N–H and O–H groups in total. The minimum atomic E-state index is -0.873. The third-order valence-corrected chi connectivity index (χ3v) is 3.08. The van der Waals surface area contributed by atoms with Crippen LogP contribution < -0.4 is 10.9 Å². The summed E-state index contributed by atoms with van der Waals surface area (Å²) in [5.74, 6) is -0.485. The largest absolute Gasteiger partial charge is 0.299 e. The van der Waals surface area contributed by atoms with Crippen molar-refractivity contribution in [3.8, 4) is 0 Å². The predicted octanol–water partition coefficient (Wildman–Crippen LogP) is 2.32. The molecule has 1 unspecified atom stereocenters. The quantitative estimate of drug-likeness (QED) is 0.633. The second-order valence-corrected chi connectivity index (χ2v) is 5.04. The van der Waals surface area contributed by atoms with E-state index in [4.69, 9.17) is 23.2 Å². The Hall–Kier alpha value is -0.930. The van der Waals surface area contributed by atoms with Crippen molar-refractivity contribution in [1.29, 1.82) is 0 Å². The molecule has 3 nitrogen and oxygen atoms in total. The lowest BCUT2D eigenvalue weighted by molar-refractivity contribution is -0.121. The fraction of sp³-hybridized carbons (Fsp3) is 0.300. The van der Waals surface area contributed by atoms with Crippen molar-refractivity contribution >= 4 is 34.8 Å². The van der Waals surface area contributed by atoms with Gasteiger partial charge >= 0.3 is 0 Å². The molecule has 0 bridgehead atoms. The maximum Gasteiger partial charge on any atom is 0.244 e. The number of carbonyl (C=O) groups is 1. The first-order valence-corrected chi connectivity index (χ1v) is 5.34. The van der Waals surface area contributed by atoms with Gasteiger partial charge in [0.25, 0.3) is 0 Å². The summed E-state index contributed by atoms with van der Waals surface area (Å²) in [5, 5.41) is 0. The molecule has 1 aliphatic carbocycles. The number of rotatable bonds is 3. The highest BCUT2D eigenvalue weighted by atomic mass is 35.5. The molecular formula is C10H10Cl2N2O. The van der Waals surface area contributed by atoms with Gasteiger partial charge in [0.2, 0.25) is 5.91 Å². The molecule has 0 heterocycles. The summed E-state index contributed by atoms with van der Waals surface area (Å²) >= 11 is 11.5. The minimum Gasteiger partial charge on any atom is -0.299 e. The van der Waals surface area contributed by atoms with Gasteiger partial charge in [-0.25, -0.2) is 0 Å². The molecule has 80 valence electrons. The zero-order valence-electron chi connectivity index (χ0n) is 7.84. The van der Waals surface area contributed by atoms with Gasteiger partial charge in [-0.1, -0.05) is 18.2 Å². The number of hydrazine groups is 1. The van der Waals surface area contributed by atoms with Gasteiger partial charge in [0.05, 0.1) is 11.6 Å². The number of carbonyl (C=O) groups excluding carboxylic acids is 1. The molecule has 0 spiro atoms. The monoisotopic (exact) mass is 244 g/mol. The van der Waals surface area contributed by atoms with E-state index in [9.17, 15) is 4.79 Å². The Balaban J connectivity index is 1.82. The van der Waals surface area contributed by atoms with Crippen LogP contribution in [-0.4, -0.2) is 10.2 Å². The molecule has 0 radical (unpaired) electrons. The van der Waals surface area contributed by atoms with E-state index >= 15 is 0 Å². The smallest absolute Gasteiger partial charge is 0.244 e. The van der Waals surface area contributed by atoms with Crippen molar-refractivity contribution in [1.82, 2.24) is 5.43 Å². The number of amides is 1. The van der Waals surface area contributed by atoms with Crippen molar-refractivity contribution in [2.45, 2.75) is 10.8 Å². The average molecular weight is 245 g/mol. The first-order chi connectivity index (χ1) is 7.09. The molecule has 5 heteroatoms. The zero-order chi connectivity index (χ0) is 10.9.